The summed E-state index contributed by atoms with van der Waals surface area (Å²) in [4.78, 5) is 1.04. The van der Waals surface area contributed by atoms with Crippen molar-refractivity contribution in [1.29, 1.82) is 5.26 Å². The van der Waals surface area contributed by atoms with Crippen molar-refractivity contribution in [3.63, 3.8) is 0 Å². The van der Waals surface area contributed by atoms with E-state index in [-0.39, 0.29) is 0 Å². The molecule has 90 valence electrons. The lowest BCUT2D eigenvalue weighted by Gasteiger charge is -2.05. The number of hydrogen-bond donors (Lipinski definition) is 0. The third kappa shape index (κ3) is 3.20. The second-order valence-electron chi connectivity index (χ2n) is 3.63. The molecule has 0 atom stereocenters. The molecule has 0 radical (unpaired) electrons. The summed E-state index contributed by atoms with van der Waals surface area (Å²) in [5.41, 5.74) is 1.74. The second-order valence-corrected chi connectivity index (χ2v) is 5.50. The molecule has 2 aromatic rings. The quantitative estimate of drug-likeness (QED) is 0.730. The van der Waals surface area contributed by atoms with Crippen molar-refractivity contribution in [2.75, 3.05) is 0 Å². The molecule has 2 rings (SSSR count). The lowest BCUT2D eigenvalue weighted by molar-refractivity contribution is 1.34. The molecule has 0 N–H and O–H groups in total. The summed E-state index contributed by atoms with van der Waals surface area (Å²) in [6.45, 7) is 0. The fraction of sp³-hybridized carbons (Fsp3) is 0.0714. The molecule has 0 saturated carbocycles. The van der Waals surface area contributed by atoms with Gasteiger partial charge in [-0.3, -0.25) is 0 Å². The van der Waals surface area contributed by atoms with E-state index in [4.69, 9.17) is 28.5 Å². The maximum atomic E-state index is 9.00. The van der Waals surface area contributed by atoms with Crippen molar-refractivity contribution >= 4 is 35.0 Å². The van der Waals surface area contributed by atoms with Crippen molar-refractivity contribution in [1.82, 2.24) is 0 Å². The van der Waals surface area contributed by atoms with Gasteiger partial charge >= 0.3 is 0 Å². The van der Waals surface area contributed by atoms with Gasteiger partial charge in [0.2, 0.25) is 0 Å². The lowest BCUT2D eigenvalue weighted by Crippen LogP contribution is -1.86. The Balaban J connectivity index is 2.12. The van der Waals surface area contributed by atoms with E-state index in [1.165, 1.54) is 0 Å². The molecular weight excluding hydrogens is 285 g/mol. The predicted octanol–water partition coefficient (Wildman–Crippen LogP) is 5.16. The smallest absolute Gasteiger partial charge is 0.0994 e. The molecule has 1 nitrogen and oxygen atoms in total. The Bertz CT molecular complexity index is 605. The summed E-state index contributed by atoms with van der Waals surface area (Å²) < 4.78 is 0. The second kappa shape index (κ2) is 6.15. The molecule has 0 aliphatic carbocycles. The zero-order valence-corrected chi connectivity index (χ0v) is 11.7. The van der Waals surface area contributed by atoms with Gasteiger partial charge in [-0.2, -0.15) is 5.26 Å². The predicted molar refractivity (Wildman–Crippen MR) is 77.2 cm³/mol. The molecule has 0 heterocycles. The summed E-state index contributed by atoms with van der Waals surface area (Å²) in [5, 5.41) is 10.1. The summed E-state index contributed by atoms with van der Waals surface area (Å²) >= 11 is 13.4. The van der Waals surface area contributed by atoms with Gasteiger partial charge in [0.15, 0.2) is 0 Å². The van der Waals surface area contributed by atoms with Crippen LogP contribution >= 0.6 is 35.0 Å². The Morgan fingerprint density at radius 2 is 1.83 bits per heavy atom. The molecule has 0 aliphatic heterocycles. The van der Waals surface area contributed by atoms with Gasteiger partial charge in [0.05, 0.1) is 21.7 Å². The maximum Gasteiger partial charge on any atom is 0.0994 e. The van der Waals surface area contributed by atoms with Crippen LogP contribution in [0.4, 0.5) is 0 Å². The van der Waals surface area contributed by atoms with Crippen LogP contribution in [0.5, 0.6) is 0 Å². The number of rotatable bonds is 3. The van der Waals surface area contributed by atoms with Crippen LogP contribution < -0.4 is 0 Å². The minimum Gasteiger partial charge on any atom is -0.192 e. The summed E-state index contributed by atoms with van der Waals surface area (Å²) in [5.74, 6) is 0.738. The minimum absolute atomic E-state index is 0.551. The Labute approximate surface area is 120 Å². The van der Waals surface area contributed by atoms with Gasteiger partial charge in [-0.15, -0.1) is 11.8 Å². The molecule has 0 amide bonds. The first kappa shape index (κ1) is 13.3. The number of nitriles is 1. The van der Waals surface area contributed by atoms with Crippen LogP contribution in [-0.4, -0.2) is 0 Å². The highest BCUT2D eigenvalue weighted by Gasteiger charge is 2.03. The van der Waals surface area contributed by atoms with Crippen LogP contribution in [0.3, 0.4) is 0 Å². The zero-order valence-electron chi connectivity index (χ0n) is 9.36. The van der Waals surface area contributed by atoms with E-state index in [0.717, 1.165) is 16.2 Å². The zero-order chi connectivity index (χ0) is 13.0. The molecule has 0 fully saturated rings. The first-order valence-electron chi connectivity index (χ1n) is 5.26. The van der Waals surface area contributed by atoms with E-state index in [2.05, 4.69) is 6.07 Å². The van der Waals surface area contributed by atoms with Crippen molar-refractivity contribution in [2.24, 2.45) is 0 Å². The third-order valence-corrected chi connectivity index (χ3v) is 4.20. The molecule has 4 heteroatoms. The van der Waals surface area contributed by atoms with Crippen LogP contribution in [0.2, 0.25) is 10.0 Å². The van der Waals surface area contributed by atoms with Gasteiger partial charge < -0.3 is 0 Å². The molecule has 0 bridgehead atoms. The molecule has 0 aromatic heterocycles. The van der Waals surface area contributed by atoms with Crippen LogP contribution in [0.25, 0.3) is 0 Å². The highest BCUT2D eigenvalue weighted by molar-refractivity contribution is 7.98. The Morgan fingerprint density at radius 3 is 2.56 bits per heavy atom. The average molecular weight is 294 g/mol. The molecular formula is C14H9Cl2NS. The number of thioether (sulfide) groups is 1. The van der Waals surface area contributed by atoms with E-state index in [1.807, 2.05) is 36.4 Å². The highest BCUT2D eigenvalue weighted by atomic mass is 35.5. The molecule has 0 saturated heterocycles. The fourth-order valence-corrected chi connectivity index (χ4v) is 2.79. The fourth-order valence-electron chi connectivity index (χ4n) is 1.48. The Kier molecular flexibility index (Phi) is 4.54. The lowest BCUT2D eigenvalue weighted by atomic mass is 10.1. The highest BCUT2D eigenvalue weighted by Crippen LogP contribution is 2.30. The van der Waals surface area contributed by atoms with Crippen molar-refractivity contribution in [3.8, 4) is 6.07 Å². The molecule has 2 aromatic carbocycles. The van der Waals surface area contributed by atoms with E-state index in [9.17, 15) is 0 Å². The van der Waals surface area contributed by atoms with Crippen molar-refractivity contribution in [2.45, 2.75) is 10.6 Å². The summed E-state index contributed by atoms with van der Waals surface area (Å²) in [6, 6.07) is 15.3. The largest absolute Gasteiger partial charge is 0.192 e. The monoisotopic (exact) mass is 293 g/mol. The van der Waals surface area contributed by atoms with Crippen molar-refractivity contribution in [3.05, 3.63) is 63.6 Å². The standard InChI is InChI=1S/C14H9Cl2NS/c15-13-6-5-12(7-14(13)16)18-9-11-4-2-1-3-10(11)8-17/h1-7H,9H2. The molecule has 0 unspecified atom stereocenters. The summed E-state index contributed by atoms with van der Waals surface area (Å²) in [6.07, 6.45) is 0. The third-order valence-electron chi connectivity index (χ3n) is 2.42. The van der Waals surface area contributed by atoms with E-state index < -0.39 is 0 Å². The average Bonchev–Trinajstić information content (AvgIpc) is 2.40. The SMILES string of the molecule is N#Cc1ccccc1CSc1ccc(Cl)c(Cl)c1. The van der Waals surface area contributed by atoms with Gasteiger partial charge in [0.25, 0.3) is 0 Å². The van der Waals surface area contributed by atoms with E-state index in [1.54, 1.807) is 17.8 Å². The van der Waals surface area contributed by atoms with E-state index in [0.29, 0.717) is 15.6 Å². The molecule has 0 aliphatic rings. The normalized spacial score (nSPS) is 10.1. The van der Waals surface area contributed by atoms with E-state index >= 15 is 0 Å². The summed E-state index contributed by atoms with van der Waals surface area (Å²) in [7, 11) is 0. The molecule has 18 heavy (non-hydrogen) atoms. The number of hydrogen-bond acceptors (Lipinski definition) is 2. The first-order valence-corrected chi connectivity index (χ1v) is 7.00. The van der Waals surface area contributed by atoms with Gasteiger partial charge in [-0.05, 0) is 29.8 Å². The van der Waals surface area contributed by atoms with Gasteiger partial charge in [0.1, 0.15) is 0 Å². The first-order chi connectivity index (χ1) is 8.70. The van der Waals surface area contributed by atoms with Gasteiger partial charge in [-0.25, -0.2) is 0 Å². The Hall–Kier alpha value is -1.14. The number of benzene rings is 2. The Morgan fingerprint density at radius 1 is 1.06 bits per heavy atom. The topological polar surface area (TPSA) is 23.8 Å². The van der Waals surface area contributed by atoms with Crippen LogP contribution in [0, 0.1) is 11.3 Å². The van der Waals surface area contributed by atoms with Crippen molar-refractivity contribution < 1.29 is 0 Å². The van der Waals surface area contributed by atoms with Crippen LogP contribution in [0.15, 0.2) is 47.4 Å². The maximum absolute atomic E-state index is 9.00. The van der Waals surface area contributed by atoms with Gasteiger partial charge in [0, 0.05) is 10.6 Å². The molecule has 0 spiro atoms. The number of nitrogens with zero attached hydrogens (tertiary/aromatic N) is 1. The van der Waals surface area contributed by atoms with Gasteiger partial charge in [-0.1, -0.05) is 41.4 Å². The van der Waals surface area contributed by atoms with Crippen LogP contribution in [0.1, 0.15) is 11.1 Å². The van der Waals surface area contributed by atoms with Crippen LogP contribution in [-0.2, 0) is 5.75 Å². The number of halogens is 2. The minimum atomic E-state index is 0.551.